The maximum atomic E-state index is 12.5. The molecule has 1 saturated carbocycles. The molecule has 2 N–H and O–H groups in total. The van der Waals surface area contributed by atoms with Gasteiger partial charge < -0.3 is 15.5 Å². The molecule has 8 nitrogen and oxygen atoms in total. The highest BCUT2D eigenvalue weighted by Crippen LogP contribution is 2.22. The van der Waals surface area contributed by atoms with Crippen LogP contribution >= 0.6 is 12.4 Å². The summed E-state index contributed by atoms with van der Waals surface area (Å²) >= 11 is 0. The third-order valence-corrected chi connectivity index (χ3v) is 6.05. The molecule has 1 aliphatic carbocycles. The minimum atomic E-state index is 0. The van der Waals surface area contributed by atoms with Crippen molar-refractivity contribution < 1.29 is 4.79 Å². The summed E-state index contributed by atoms with van der Waals surface area (Å²) in [7, 11) is 0. The van der Waals surface area contributed by atoms with Gasteiger partial charge in [-0.2, -0.15) is 4.52 Å². The Bertz CT molecular complexity index is 767. The van der Waals surface area contributed by atoms with Gasteiger partial charge in [-0.1, -0.05) is 25.7 Å². The second-order valence-electron chi connectivity index (χ2n) is 8.02. The fourth-order valence-electron chi connectivity index (χ4n) is 4.35. The van der Waals surface area contributed by atoms with Gasteiger partial charge in [0.25, 0.3) is 0 Å². The standard InChI is InChI=1S/C20H31N7O.ClH/c28-20(22-12-11-21-17-5-3-1-2-4-6-17)16-9-13-26(14-10-16)19-8-7-18-24-23-15-27(18)25-19;/h7-8,15-17,21H,1-6,9-14H2,(H,22,28);1H. The molecule has 0 spiro atoms. The van der Waals surface area contributed by atoms with Crippen molar-refractivity contribution in [3.05, 3.63) is 18.5 Å². The number of nitrogens with zero attached hydrogens (tertiary/aromatic N) is 5. The molecule has 2 aromatic heterocycles. The number of carbonyl (C=O) groups excluding carboxylic acids is 1. The summed E-state index contributed by atoms with van der Waals surface area (Å²) in [4.78, 5) is 14.7. The number of hydrogen-bond donors (Lipinski definition) is 2. The average Bonchev–Trinajstić information content (AvgIpc) is 3.05. The first-order valence-electron chi connectivity index (χ1n) is 10.7. The number of halogens is 1. The predicted molar refractivity (Wildman–Crippen MR) is 115 cm³/mol. The number of piperidine rings is 1. The molecule has 2 aliphatic rings. The first kappa shape index (κ1) is 21.8. The molecule has 1 aliphatic heterocycles. The topological polar surface area (TPSA) is 87.5 Å². The maximum Gasteiger partial charge on any atom is 0.223 e. The molecular formula is C20H32ClN7O. The van der Waals surface area contributed by atoms with Gasteiger partial charge in [-0.05, 0) is 37.8 Å². The molecule has 3 heterocycles. The highest BCUT2D eigenvalue weighted by Gasteiger charge is 2.25. The zero-order valence-electron chi connectivity index (χ0n) is 16.9. The molecule has 1 saturated heterocycles. The summed E-state index contributed by atoms with van der Waals surface area (Å²) < 4.78 is 1.69. The van der Waals surface area contributed by atoms with Crippen molar-refractivity contribution in [3.8, 4) is 0 Å². The zero-order valence-corrected chi connectivity index (χ0v) is 17.7. The third-order valence-electron chi connectivity index (χ3n) is 6.05. The monoisotopic (exact) mass is 421 g/mol. The van der Waals surface area contributed by atoms with Crippen LogP contribution in [-0.2, 0) is 4.79 Å². The second-order valence-corrected chi connectivity index (χ2v) is 8.02. The Balaban J connectivity index is 0.00000240. The van der Waals surface area contributed by atoms with Crippen molar-refractivity contribution in [3.63, 3.8) is 0 Å². The highest BCUT2D eigenvalue weighted by atomic mass is 35.5. The summed E-state index contributed by atoms with van der Waals surface area (Å²) in [5, 5.41) is 19.1. The van der Waals surface area contributed by atoms with Crippen LogP contribution in [0.15, 0.2) is 18.5 Å². The van der Waals surface area contributed by atoms with Gasteiger partial charge in [0.15, 0.2) is 5.65 Å². The molecule has 1 amide bonds. The lowest BCUT2D eigenvalue weighted by Gasteiger charge is -2.32. The Morgan fingerprint density at radius 1 is 1.03 bits per heavy atom. The van der Waals surface area contributed by atoms with E-state index in [1.165, 1.54) is 38.5 Å². The lowest BCUT2D eigenvalue weighted by molar-refractivity contribution is -0.125. The molecule has 160 valence electrons. The van der Waals surface area contributed by atoms with E-state index < -0.39 is 0 Å². The van der Waals surface area contributed by atoms with Crippen LogP contribution in [-0.4, -0.2) is 57.9 Å². The first-order chi connectivity index (χ1) is 13.8. The average molecular weight is 422 g/mol. The van der Waals surface area contributed by atoms with E-state index in [2.05, 4.69) is 30.8 Å². The molecule has 9 heteroatoms. The fraction of sp³-hybridized carbons (Fsp3) is 0.700. The van der Waals surface area contributed by atoms with Gasteiger partial charge in [0.1, 0.15) is 12.1 Å². The van der Waals surface area contributed by atoms with Gasteiger partial charge >= 0.3 is 0 Å². The molecule has 2 aromatic rings. The van der Waals surface area contributed by atoms with Crippen molar-refractivity contribution in [2.45, 2.75) is 57.4 Å². The van der Waals surface area contributed by atoms with Gasteiger partial charge in [0.2, 0.25) is 5.91 Å². The summed E-state index contributed by atoms with van der Waals surface area (Å²) in [5.74, 6) is 1.22. The molecule has 0 aromatic carbocycles. The van der Waals surface area contributed by atoms with E-state index in [-0.39, 0.29) is 24.2 Å². The normalized spacial score (nSPS) is 19.0. The lowest BCUT2D eigenvalue weighted by atomic mass is 9.96. The Morgan fingerprint density at radius 3 is 2.55 bits per heavy atom. The van der Waals surface area contributed by atoms with Gasteiger partial charge in [0.05, 0.1) is 0 Å². The second kappa shape index (κ2) is 10.7. The summed E-state index contributed by atoms with van der Waals surface area (Å²) in [6.07, 6.45) is 11.3. The molecule has 0 bridgehead atoms. The molecular weight excluding hydrogens is 390 g/mol. The van der Waals surface area contributed by atoms with Crippen molar-refractivity contribution in [1.82, 2.24) is 30.4 Å². The number of anilines is 1. The van der Waals surface area contributed by atoms with Crippen molar-refractivity contribution in [2.24, 2.45) is 5.92 Å². The molecule has 0 unspecified atom stereocenters. The van der Waals surface area contributed by atoms with Crippen LogP contribution in [0.1, 0.15) is 51.4 Å². The van der Waals surface area contributed by atoms with Crippen LogP contribution in [0.25, 0.3) is 5.65 Å². The number of nitrogens with one attached hydrogen (secondary N) is 2. The van der Waals surface area contributed by atoms with Gasteiger partial charge in [-0.25, -0.2) is 0 Å². The van der Waals surface area contributed by atoms with Gasteiger partial charge in [-0.3, -0.25) is 4.79 Å². The Kier molecular flexibility index (Phi) is 8.06. The van der Waals surface area contributed by atoms with Gasteiger partial charge in [-0.15, -0.1) is 27.7 Å². The van der Waals surface area contributed by atoms with Crippen LogP contribution < -0.4 is 15.5 Å². The largest absolute Gasteiger partial charge is 0.355 e. The van der Waals surface area contributed by atoms with E-state index in [0.29, 0.717) is 6.04 Å². The zero-order chi connectivity index (χ0) is 19.2. The Hall–Kier alpha value is -1.93. The summed E-state index contributed by atoms with van der Waals surface area (Å²) in [5.41, 5.74) is 0.746. The smallest absolute Gasteiger partial charge is 0.223 e. The number of fused-ring (bicyclic) bond motifs is 1. The number of amides is 1. The minimum Gasteiger partial charge on any atom is -0.355 e. The number of rotatable bonds is 6. The van der Waals surface area contributed by atoms with E-state index in [1.807, 2.05) is 12.1 Å². The number of hydrogen-bond acceptors (Lipinski definition) is 6. The SMILES string of the molecule is Cl.O=C(NCCNC1CCCCCC1)C1CCN(c2ccc3nncn3n2)CC1. The minimum absolute atomic E-state index is 0. The van der Waals surface area contributed by atoms with E-state index in [0.717, 1.165) is 50.5 Å². The molecule has 4 rings (SSSR count). The summed E-state index contributed by atoms with van der Waals surface area (Å²) in [6.45, 7) is 3.29. The Morgan fingerprint density at radius 2 is 1.79 bits per heavy atom. The number of aromatic nitrogens is 4. The van der Waals surface area contributed by atoms with E-state index >= 15 is 0 Å². The first-order valence-corrected chi connectivity index (χ1v) is 10.7. The van der Waals surface area contributed by atoms with Crippen LogP contribution in [0, 0.1) is 5.92 Å². The quantitative estimate of drug-likeness (QED) is 0.549. The van der Waals surface area contributed by atoms with E-state index in [4.69, 9.17) is 0 Å². The summed E-state index contributed by atoms with van der Waals surface area (Å²) in [6, 6.07) is 4.54. The van der Waals surface area contributed by atoms with E-state index in [1.54, 1.807) is 10.8 Å². The van der Waals surface area contributed by atoms with Crippen LogP contribution in [0.3, 0.4) is 0 Å². The Labute approximate surface area is 178 Å². The van der Waals surface area contributed by atoms with Crippen LogP contribution in [0.2, 0.25) is 0 Å². The van der Waals surface area contributed by atoms with Gasteiger partial charge in [0, 0.05) is 38.1 Å². The van der Waals surface area contributed by atoms with Crippen molar-refractivity contribution in [1.29, 1.82) is 0 Å². The molecule has 0 radical (unpaired) electrons. The fourth-order valence-corrected chi connectivity index (χ4v) is 4.35. The van der Waals surface area contributed by atoms with Crippen molar-refractivity contribution in [2.75, 3.05) is 31.1 Å². The van der Waals surface area contributed by atoms with Crippen molar-refractivity contribution >= 4 is 29.8 Å². The van der Waals surface area contributed by atoms with Crippen LogP contribution in [0.5, 0.6) is 0 Å². The third kappa shape index (κ3) is 5.79. The molecule has 0 atom stereocenters. The lowest BCUT2D eigenvalue weighted by Crippen LogP contribution is -2.43. The highest BCUT2D eigenvalue weighted by molar-refractivity contribution is 5.85. The molecule has 2 fully saturated rings. The predicted octanol–water partition coefficient (Wildman–Crippen LogP) is 2.19. The molecule has 29 heavy (non-hydrogen) atoms. The van der Waals surface area contributed by atoms with Crippen LogP contribution in [0.4, 0.5) is 5.82 Å². The number of carbonyl (C=O) groups is 1. The van der Waals surface area contributed by atoms with E-state index in [9.17, 15) is 4.79 Å². The maximum absolute atomic E-state index is 12.5.